The number of hydrogen-bond acceptors (Lipinski definition) is 14. The first-order valence-electron chi connectivity index (χ1n) is 11.6. The molecule has 1 heterocycles. The molecule has 18 nitrogen and oxygen atoms in total. The minimum absolute atomic E-state index is 0.0862. The third kappa shape index (κ3) is 6.34. The molecule has 0 aliphatic carbocycles. The van der Waals surface area contributed by atoms with Gasteiger partial charge in [-0.3, -0.25) is 56.7 Å². The molecule has 1 aliphatic rings. The molecule has 0 radical (unpaired) electrons. The summed E-state index contributed by atoms with van der Waals surface area (Å²) < 4.78 is 5.55. The maximum Gasteiger partial charge on any atom is 0.301 e. The third-order valence-corrected chi connectivity index (χ3v) is 5.60. The van der Waals surface area contributed by atoms with Gasteiger partial charge in [-0.25, -0.2) is 0 Å². The van der Waals surface area contributed by atoms with E-state index in [1.807, 2.05) is 0 Å². The summed E-state index contributed by atoms with van der Waals surface area (Å²) in [5.74, 6) is -0.520. The lowest BCUT2D eigenvalue weighted by molar-refractivity contribution is -0.393. The molecule has 4 rings (SSSR count). The van der Waals surface area contributed by atoms with Crippen molar-refractivity contribution < 1.29 is 24.4 Å². The van der Waals surface area contributed by atoms with E-state index in [1.54, 1.807) is 36.4 Å². The Labute approximate surface area is 233 Å². The van der Waals surface area contributed by atoms with E-state index in [2.05, 4.69) is 21.1 Å². The van der Waals surface area contributed by atoms with Gasteiger partial charge >= 0.3 is 11.4 Å². The monoisotopic (exact) mass is 575 g/mol. The highest BCUT2D eigenvalue weighted by atomic mass is 16.6. The smallest absolute Gasteiger partial charge is 0.301 e. The van der Waals surface area contributed by atoms with Crippen LogP contribution in [0.2, 0.25) is 0 Å². The maximum atomic E-state index is 11.5. The lowest BCUT2D eigenvalue weighted by Gasteiger charge is -2.07. The van der Waals surface area contributed by atoms with Crippen LogP contribution in [0.1, 0.15) is 5.56 Å². The second kappa shape index (κ2) is 12.1. The Hall–Kier alpha value is -6.59. The molecule has 0 bridgehead atoms. The molecule has 42 heavy (non-hydrogen) atoms. The Bertz CT molecular complexity index is 1700. The summed E-state index contributed by atoms with van der Waals surface area (Å²) in [5.41, 5.74) is 2.41. The van der Waals surface area contributed by atoms with Gasteiger partial charge in [-0.2, -0.15) is 10.2 Å². The second-order valence-electron chi connectivity index (χ2n) is 8.25. The molecule has 3 aromatic carbocycles. The SMILES string of the molecule is N=C1O[C@H](/C=C/c2ccccc2)C(=N/Nc2ccc([N+](=O)[O-])cc2[N+](=O)[O-])/C1=N\Nc1ccc([N+](=O)[O-])cc1[N+](=O)[O-]. The van der Waals surface area contributed by atoms with Crippen LogP contribution < -0.4 is 10.9 Å². The van der Waals surface area contributed by atoms with Crippen LogP contribution in [0.15, 0.2) is 83.0 Å². The number of nitro groups is 4. The topological polar surface area (TPSA) is 254 Å². The van der Waals surface area contributed by atoms with E-state index in [1.165, 1.54) is 6.08 Å². The summed E-state index contributed by atoms with van der Waals surface area (Å²) in [5, 5.41) is 61.5. The fraction of sp³-hybridized carbons (Fsp3) is 0.0417. The standard InChI is InChI=1S/C24H17N9O9/c25-24-23(29-27-18-10-8-16(31(36)37)13-20(18)33(40)41)22(21(42-24)11-6-14-4-2-1-3-5-14)28-26-17-9-7-15(30(34)35)12-19(17)32(38)39/h1-13,21,25-27H/b11-6+,25-24?,28-22-,29-23+/t21-/m1/s1. The van der Waals surface area contributed by atoms with Gasteiger partial charge in [0.1, 0.15) is 17.1 Å². The van der Waals surface area contributed by atoms with E-state index in [0.717, 1.165) is 42.0 Å². The van der Waals surface area contributed by atoms with Crippen molar-refractivity contribution >= 4 is 57.5 Å². The maximum absolute atomic E-state index is 11.5. The number of ether oxygens (including phenoxy) is 1. The van der Waals surface area contributed by atoms with Crippen molar-refractivity contribution in [2.24, 2.45) is 10.2 Å². The number of nitrogens with zero attached hydrogens (tertiary/aromatic N) is 6. The van der Waals surface area contributed by atoms with E-state index in [0.29, 0.717) is 0 Å². The Balaban J connectivity index is 1.74. The molecule has 0 saturated carbocycles. The molecule has 1 aliphatic heterocycles. The van der Waals surface area contributed by atoms with Gasteiger partial charge in [-0.05, 0) is 23.8 Å². The minimum Gasteiger partial charge on any atom is -0.462 e. The number of anilines is 2. The second-order valence-corrected chi connectivity index (χ2v) is 8.25. The van der Waals surface area contributed by atoms with Gasteiger partial charge in [-0.15, -0.1) is 0 Å². The number of nitro benzene ring substituents is 4. The molecule has 1 saturated heterocycles. The fourth-order valence-corrected chi connectivity index (χ4v) is 3.60. The number of non-ortho nitro benzene ring substituents is 2. The molecule has 1 atom stereocenters. The number of nitrogens with one attached hydrogen (secondary N) is 3. The summed E-state index contributed by atoms with van der Waals surface area (Å²) in [6, 6.07) is 14.6. The van der Waals surface area contributed by atoms with Crippen LogP contribution in [0.25, 0.3) is 6.08 Å². The molecule has 0 aromatic heterocycles. The molecule has 3 N–H and O–H groups in total. The molecular weight excluding hydrogens is 558 g/mol. The van der Waals surface area contributed by atoms with Crippen molar-refractivity contribution in [1.29, 1.82) is 5.41 Å². The number of rotatable bonds is 10. The Morgan fingerprint density at radius 3 is 1.76 bits per heavy atom. The quantitative estimate of drug-likeness (QED) is 0.221. The van der Waals surface area contributed by atoms with Gasteiger partial charge in [0, 0.05) is 12.1 Å². The van der Waals surface area contributed by atoms with Crippen molar-refractivity contribution in [2.75, 3.05) is 10.9 Å². The highest BCUT2D eigenvalue weighted by Gasteiger charge is 2.35. The van der Waals surface area contributed by atoms with Crippen LogP contribution in [-0.2, 0) is 4.74 Å². The van der Waals surface area contributed by atoms with Crippen LogP contribution in [0.5, 0.6) is 0 Å². The Morgan fingerprint density at radius 2 is 1.26 bits per heavy atom. The van der Waals surface area contributed by atoms with Crippen LogP contribution in [0.3, 0.4) is 0 Å². The van der Waals surface area contributed by atoms with Gasteiger partial charge in [0.2, 0.25) is 5.90 Å². The molecular formula is C24H17N9O9. The summed E-state index contributed by atoms with van der Waals surface area (Å²) >= 11 is 0. The molecule has 3 aromatic rings. The average Bonchev–Trinajstić information content (AvgIpc) is 3.27. The van der Waals surface area contributed by atoms with Gasteiger partial charge in [0.15, 0.2) is 11.8 Å². The zero-order chi connectivity index (χ0) is 30.4. The first kappa shape index (κ1) is 28.4. The highest BCUT2D eigenvalue weighted by Crippen LogP contribution is 2.30. The van der Waals surface area contributed by atoms with Crippen LogP contribution in [-0.4, -0.2) is 43.1 Å². The van der Waals surface area contributed by atoms with Gasteiger partial charge in [0.25, 0.3) is 11.4 Å². The van der Waals surface area contributed by atoms with Crippen molar-refractivity contribution in [3.05, 3.63) is 119 Å². The highest BCUT2D eigenvalue weighted by molar-refractivity contribution is 6.70. The first-order chi connectivity index (χ1) is 20.0. The molecule has 0 unspecified atom stereocenters. The van der Waals surface area contributed by atoms with E-state index in [4.69, 9.17) is 10.1 Å². The van der Waals surface area contributed by atoms with Crippen molar-refractivity contribution in [2.45, 2.75) is 6.10 Å². The zero-order valence-electron chi connectivity index (χ0n) is 20.9. The number of benzene rings is 3. The predicted octanol–water partition coefficient (Wildman–Crippen LogP) is 4.64. The summed E-state index contributed by atoms with van der Waals surface area (Å²) in [6.07, 6.45) is 2.11. The molecule has 1 fully saturated rings. The van der Waals surface area contributed by atoms with Gasteiger partial charge in [0.05, 0.1) is 31.8 Å². The normalized spacial score (nSPS) is 16.4. The van der Waals surface area contributed by atoms with Gasteiger partial charge < -0.3 is 4.74 Å². The average molecular weight is 575 g/mol. The first-order valence-corrected chi connectivity index (χ1v) is 11.6. The fourth-order valence-electron chi connectivity index (χ4n) is 3.60. The molecule has 0 spiro atoms. The van der Waals surface area contributed by atoms with Crippen molar-refractivity contribution in [1.82, 2.24) is 0 Å². The molecule has 18 heteroatoms. The predicted molar refractivity (Wildman–Crippen MR) is 150 cm³/mol. The summed E-state index contributed by atoms with van der Waals surface area (Å²) in [6.45, 7) is 0. The number of hydrogen-bond donors (Lipinski definition) is 3. The number of hydrazone groups is 2. The van der Waals surface area contributed by atoms with Crippen LogP contribution >= 0.6 is 0 Å². The zero-order valence-corrected chi connectivity index (χ0v) is 20.9. The lowest BCUT2D eigenvalue weighted by atomic mass is 10.1. The van der Waals surface area contributed by atoms with E-state index in [-0.39, 0.29) is 22.8 Å². The lowest BCUT2D eigenvalue weighted by Crippen LogP contribution is -2.22. The summed E-state index contributed by atoms with van der Waals surface area (Å²) in [4.78, 5) is 41.8. The van der Waals surface area contributed by atoms with Crippen molar-refractivity contribution in [3.63, 3.8) is 0 Å². The Morgan fingerprint density at radius 1 is 0.738 bits per heavy atom. The molecule has 0 amide bonds. The van der Waals surface area contributed by atoms with E-state index in [9.17, 15) is 40.5 Å². The third-order valence-electron chi connectivity index (χ3n) is 5.60. The van der Waals surface area contributed by atoms with Gasteiger partial charge in [-0.1, -0.05) is 36.4 Å². The van der Waals surface area contributed by atoms with Crippen LogP contribution in [0, 0.1) is 45.9 Å². The molecule has 212 valence electrons. The largest absolute Gasteiger partial charge is 0.462 e. The Kier molecular flexibility index (Phi) is 8.17. The summed E-state index contributed by atoms with van der Waals surface area (Å²) in [7, 11) is 0. The van der Waals surface area contributed by atoms with Crippen LogP contribution in [0.4, 0.5) is 34.1 Å². The van der Waals surface area contributed by atoms with Crippen molar-refractivity contribution in [3.8, 4) is 0 Å². The van der Waals surface area contributed by atoms with E-state index < -0.39 is 54.4 Å². The van der Waals surface area contributed by atoms with E-state index >= 15 is 0 Å². The minimum atomic E-state index is -1.06.